The van der Waals surface area contributed by atoms with Crippen LogP contribution in [0.15, 0.2) is 29.9 Å². The molecule has 3 aromatic rings. The Kier molecular flexibility index (Phi) is 6.71. The van der Waals surface area contributed by atoms with Gasteiger partial charge in [0.05, 0.1) is 28.5 Å². The van der Waals surface area contributed by atoms with E-state index in [1.807, 2.05) is 23.3 Å². The molecule has 2 atom stereocenters. The van der Waals surface area contributed by atoms with E-state index in [0.29, 0.717) is 30.3 Å². The third kappa shape index (κ3) is 4.89. The summed E-state index contributed by atoms with van der Waals surface area (Å²) in [6.45, 7) is 3.03. The number of aromatic nitrogens is 3. The maximum absolute atomic E-state index is 13.6. The molecule has 4 heterocycles. The van der Waals surface area contributed by atoms with Gasteiger partial charge in [0.1, 0.15) is 11.5 Å². The van der Waals surface area contributed by atoms with Gasteiger partial charge in [0.15, 0.2) is 6.23 Å². The minimum absolute atomic E-state index is 0.0443. The average Bonchev–Trinajstić information content (AvgIpc) is 3.29. The van der Waals surface area contributed by atoms with E-state index in [2.05, 4.69) is 25.6 Å². The number of thiophene rings is 1. The molecular formula is C24H29FN6O2S. The number of halogens is 1. The summed E-state index contributed by atoms with van der Waals surface area (Å²) in [5, 5.41) is 19.4. The highest BCUT2D eigenvalue weighted by Crippen LogP contribution is 2.32. The molecule has 3 aromatic heterocycles. The molecule has 1 aliphatic heterocycles. The monoisotopic (exact) mass is 484 g/mol. The molecule has 8 nitrogen and oxygen atoms in total. The molecule has 10 heteroatoms. The maximum Gasteiger partial charge on any atom is 0.224 e. The van der Waals surface area contributed by atoms with Gasteiger partial charge in [-0.05, 0) is 42.8 Å². The Morgan fingerprint density at radius 2 is 2.03 bits per heavy atom. The highest BCUT2D eigenvalue weighted by Gasteiger charge is 2.36. The number of carbonyl (C=O) groups excluding carboxylic acids is 1. The number of aliphatic hydroxyl groups is 1. The van der Waals surface area contributed by atoms with E-state index in [0.717, 1.165) is 42.1 Å². The SMILES string of the molecule is C[C@H](Nc1nc(C(O)N2CC(NC(=O)C3CCCCC3)C2)c2sccc2n1)c1cncc(F)c1. The number of amides is 1. The van der Waals surface area contributed by atoms with Crippen LogP contribution in [0.3, 0.4) is 0 Å². The van der Waals surface area contributed by atoms with Crippen LogP contribution in [-0.4, -0.2) is 50.0 Å². The molecule has 180 valence electrons. The number of carbonyl (C=O) groups is 1. The van der Waals surface area contributed by atoms with Crippen LogP contribution in [0, 0.1) is 11.7 Å². The zero-order chi connectivity index (χ0) is 23.7. The van der Waals surface area contributed by atoms with Gasteiger partial charge in [-0.3, -0.25) is 14.7 Å². The summed E-state index contributed by atoms with van der Waals surface area (Å²) in [4.78, 5) is 27.5. The molecule has 1 amide bonds. The second-order valence-electron chi connectivity index (χ2n) is 9.24. The topological polar surface area (TPSA) is 103 Å². The van der Waals surface area contributed by atoms with Crippen LogP contribution < -0.4 is 10.6 Å². The summed E-state index contributed by atoms with van der Waals surface area (Å²) in [6, 6.07) is 3.09. The van der Waals surface area contributed by atoms with Crippen molar-refractivity contribution in [3.63, 3.8) is 0 Å². The molecule has 34 heavy (non-hydrogen) atoms. The van der Waals surface area contributed by atoms with E-state index in [4.69, 9.17) is 0 Å². The Hall–Kier alpha value is -2.69. The first-order chi connectivity index (χ1) is 16.5. The van der Waals surface area contributed by atoms with Gasteiger partial charge in [-0.15, -0.1) is 11.3 Å². The van der Waals surface area contributed by atoms with Crippen LogP contribution in [0.4, 0.5) is 10.3 Å². The smallest absolute Gasteiger partial charge is 0.224 e. The minimum Gasteiger partial charge on any atom is -0.372 e. The molecule has 1 saturated carbocycles. The summed E-state index contributed by atoms with van der Waals surface area (Å²) in [6.07, 6.45) is 7.28. The van der Waals surface area contributed by atoms with Crippen LogP contribution in [0.1, 0.15) is 62.6 Å². The Labute approximate surface area is 201 Å². The molecule has 0 spiro atoms. The highest BCUT2D eigenvalue weighted by molar-refractivity contribution is 7.17. The van der Waals surface area contributed by atoms with Crippen LogP contribution in [0.25, 0.3) is 10.2 Å². The number of nitrogens with zero attached hydrogens (tertiary/aromatic N) is 4. The molecule has 2 aliphatic rings. The largest absolute Gasteiger partial charge is 0.372 e. The highest BCUT2D eigenvalue weighted by atomic mass is 32.1. The fourth-order valence-electron chi connectivity index (χ4n) is 4.73. The number of likely N-dealkylation sites (tertiary alicyclic amines) is 1. The molecule has 5 rings (SSSR count). The first-order valence-corrected chi connectivity index (χ1v) is 12.7. The normalized spacial score (nSPS) is 19.5. The number of pyridine rings is 1. The average molecular weight is 485 g/mol. The number of aliphatic hydroxyl groups excluding tert-OH is 1. The standard InChI is InChI=1S/C24H29FN6O2S/c1-14(16-9-17(25)11-26-10-16)27-24-29-19-7-8-34-21(19)20(30-24)23(33)31-12-18(13-31)28-22(32)15-5-3-2-4-6-15/h7-11,14-15,18,23,33H,2-6,12-13H2,1H3,(H,28,32)(H,27,29,30)/t14-,23?/m0/s1. The summed E-state index contributed by atoms with van der Waals surface area (Å²) in [5.74, 6) is 0.233. The van der Waals surface area contributed by atoms with Crippen LogP contribution >= 0.6 is 11.3 Å². The molecule has 1 saturated heterocycles. The van der Waals surface area contributed by atoms with Gasteiger partial charge < -0.3 is 15.7 Å². The first kappa shape index (κ1) is 23.1. The van der Waals surface area contributed by atoms with E-state index < -0.39 is 12.0 Å². The molecule has 1 unspecified atom stereocenters. The molecular weight excluding hydrogens is 455 g/mol. The van der Waals surface area contributed by atoms with Crippen molar-refractivity contribution in [2.75, 3.05) is 18.4 Å². The van der Waals surface area contributed by atoms with Crippen LogP contribution in [0.2, 0.25) is 0 Å². The van der Waals surface area contributed by atoms with Crippen molar-refractivity contribution in [1.29, 1.82) is 0 Å². The summed E-state index contributed by atoms with van der Waals surface area (Å²) >= 11 is 1.48. The summed E-state index contributed by atoms with van der Waals surface area (Å²) in [7, 11) is 0. The molecule has 2 fully saturated rings. The van der Waals surface area contributed by atoms with Gasteiger partial charge in [-0.1, -0.05) is 19.3 Å². The van der Waals surface area contributed by atoms with Crippen molar-refractivity contribution in [3.05, 3.63) is 47.0 Å². The predicted molar refractivity (Wildman–Crippen MR) is 129 cm³/mol. The van der Waals surface area contributed by atoms with E-state index >= 15 is 0 Å². The minimum atomic E-state index is -0.904. The van der Waals surface area contributed by atoms with Crippen molar-refractivity contribution in [1.82, 2.24) is 25.2 Å². The third-order valence-corrected chi connectivity index (χ3v) is 7.65. The lowest BCUT2D eigenvalue weighted by Crippen LogP contribution is -2.60. The van der Waals surface area contributed by atoms with Crippen molar-refractivity contribution in [3.8, 4) is 0 Å². The van der Waals surface area contributed by atoms with Crippen molar-refractivity contribution in [2.45, 2.75) is 57.3 Å². The maximum atomic E-state index is 13.6. The lowest BCUT2D eigenvalue weighted by atomic mass is 9.88. The first-order valence-electron chi connectivity index (χ1n) is 11.8. The lowest BCUT2D eigenvalue weighted by molar-refractivity contribution is -0.129. The lowest BCUT2D eigenvalue weighted by Gasteiger charge is -2.42. The number of fused-ring (bicyclic) bond motifs is 1. The fourth-order valence-corrected chi connectivity index (χ4v) is 5.57. The molecule has 0 bridgehead atoms. The van der Waals surface area contributed by atoms with Crippen molar-refractivity contribution in [2.24, 2.45) is 5.92 Å². The number of nitrogens with one attached hydrogen (secondary N) is 2. The van der Waals surface area contributed by atoms with Gasteiger partial charge in [-0.2, -0.15) is 0 Å². The van der Waals surface area contributed by atoms with Gasteiger partial charge in [0.2, 0.25) is 11.9 Å². The van der Waals surface area contributed by atoms with Crippen molar-refractivity contribution >= 4 is 33.4 Å². The molecule has 3 N–H and O–H groups in total. The molecule has 0 aromatic carbocycles. The molecule has 0 radical (unpaired) electrons. The van der Waals surface area contributed by atoms with Gasteiger partial charge in [-0.25, -0.2) is 14.4 Å². The Bertz CT molecular complexity index is 1160. The summed E-state index contributed by atoms with van der Waals surface area (Å²) in [5.41, 5.74) is 1.95. The number of rotatable bonds is 7. The van der Waals surface area contributed by atoms with E-state index in [9.17, 15) is 14.3 Å². The van der Waals surface area contributed by atoms with E-state index in [1.165, 1.54) is 23.8 Å². The number of anilines is 1. The Balaban J connectivity index is 1.26. The quantitative estimate of drug-likeness (QED) is 0.469. The van der Waals surface area contributed by atoms with Crippen LogP contribution in [-0.2, 0) is 4.79 Å². The van der Waals surface area contributed by atoms with Gasteiger partial charge in [0.25, 0.3) is 0 Å². The Morgan fingerprint density at radius 3 is 2.79 bits per heavy atom. The molecule has 1 aliphatic carbocycles. The zero-order valence-electron chi connectivity index (χ0n) is 19.1. The predicted octanol–water partition coefficient (Wildman–Crippen LogP) is 3.77. The van der Waals surface area contributed by atoms with Gasteiger partial charge in [0, 0.05) is 25.2 Å². The second kappa shape index (κ2) is 9.89. The number of hydrogen-bond acceptors (Lipinski definition) is 8. The Morgan fingerprint density at radius 1 is 1.24 bits per heavy atom. The third-order valence-electron chi connectivity index (χ3n) is 6.72. The summed E-state index contributed by atoms with van der Waals surface area (Å²) < 4.78 is 14.4. The van der Waals surface area contributed by atoms with E-state index in [1.54, 1.807) is 6.20 Å². The van der Waals surface area contributed by atoms with E-state index in [-0.39, 0.29) is 23.9 Å². The second-order valence-corrected chi connectivity index (χ2v) is 10.2. The number of hydrogen-bond donors (Lipinski definition) is 3. The van der Waals surface area contributed by atoms with Crippen molar-refractivity contribution < 1.29 is 14.3 Å². The fraction of sp³-hybridized carbons (Fsp3) is 0.500. The van der Waals surface area contributed by atoms with Crippen LogP contribution in [0.5, 0.6) is 0 Å². The van der Waals surface area contributed by atoms with Gasteiger partial charge >= 0.3 is 0 Å². The zero-order valence-corrected chi connectivity index (χ0v) is 19.9.